The number of hydrogen-bond acceptors (Lipinski definition) is 3. The zero-order chi connectivity index (χ0) is 14.5. The van der Waals surface area contributed by atoms with Crippen LogP contribution in [0.5, 0.6) is 0 Å². The van der Waals surface area contributed by atoms with Gasteiger partial charge in [0.15, 0.2) is 5.96 Å². The zero-order valence-electron chi connectivity index (χ0n) is 11.7. The predicted molar refractivity (Wildman–Crippen MR) is 94.5 cm³/mol. The highest BCUT2D eigenvalue weighted by molar-refractivity contribution is 6.30. The molecule has 0 spiro atoms. The van der Waals surface area contributed by atoms with Gasteiger partial charge in [0.05, 0.1) is 12.6 Å². The van der Waals surface area contributed by atoms with Crippen LogP contribution in [-0.2, 0) is 6.42 Å². The van der Waals surface area contributed by atoms with Gasteiger partial charge >= 0.3 is 0 Å². The van der Waals surface area contributed by atoms with Gasteiger partial charge in [-0.1, -0.05) is 61.5 Å². The molecule has 2 aromatic rings. The van der Waals surface area contributed by atoms with Crippen molar-refractivity contribution in [2.75, 3.05) is 13.1 Å². The molecule has 3 nitrogen and oxygen atoms in total. The van der Waals surface area contributed by atoms with Crippen molar-refractivity contribution in [1.82, 2.24) is 10.6 Å². The van der Waals surface area contributed by atoms with Crippen molar-refractivity contribution in [3.8, 4) is 0 Å². The Morgan fingerprint density at radius 1 is 1.14 bits per heavy atom. The first-order chi connectivity index (χ1) is 10.3. The Labute approximate surface area is 137 Å². The van der Waals surface area contributed by atoms with Crippen molar-refractivity contribution < 1.29 is 0 Å². The number of guanidine groups is 1. The van der Waals surface area contributed by atoms with Gasteiger partial charge in [-0.3, -0.25) is 4.99 Å². The summed E-state index contributed by atoms with van der Waals surface area (Å²) in [6, 6.07) is 18.6. The number of halogens is 1. The molecule has 2 N–H and O–H groups in total. The molecule has 4 heteroatoms. The molecule has 1 heterocycles. The summed E-state index contributed by atoms with van der Waals surface area (Å²) in [5.74, 6) is 0.880. The summed E-state index contributed by atoms with van der Waals surface area (Å²) in [7, 11) is 0. The average molecular weight is 316 g/mol. The van der Waals surface area contributed by atoms with E-state index in [4.69, 9.17) is 11.6 Å². The van der Waals surface area contributed by atoms with Crippen molar-refractivity contribution in [3.05, 3.63) is 70.7 Å². The van der Waals surface area contributed by atoms with Crippen molar-refractivity contribution >= 4 is 17.6 Å². The summed E-state index contributed by atoms with van der Waals surface area (Å²) in [6.07, 6.45) is 0.866. The van der Waals surface area contributed by atoms with Crippen LogP contribution in [0.4, 0.5) is 0 Å². The lowest BCUT2D eigenvalue weighted by atomic mass is 9.99. The SMILES string of the molecule is C.Clc1cccc(CC(NC2=NCCN2)c2ccccc2)c1. The molecular formula is C18H22ClN3. The normalized spacial score (nSPS) is 14.5. The van der Waals surface area contributed by atoms with Gasteiger partial charge in [0, 0.05) is 11.6 Å². The lowest BCUT2D eigenvalue weighted by Gasteiger charge is -2.20. The Balaban J connectivity index is 0.00000176. The largest absolute Gasteiger partial charge is 0.355 e. The van der Waals surface area contributed by atoms with Crippen LogP contribution >= 0.6 is 11.6 Å². The quantitative estimate of drug-likeness (QED) is 0.900. The number of benzene rings is 2. The van der Waals surface area contributed by atoms with Gasteiger partial charge in [-0.25, -0.2) is 0 Å². The van der Waals surface area contributed by atoms with E-state index in [9.17, 15) is 0 Å². The van der Waals surface area contributed by atoms with Gasteiger partial charge in [-0.15, -0.1) is 0 Å². The first-order valence-corrected chi connectivity index (χ1v) is 7.53. The Hall–Kier alpha value is -2.00. The first kappa shape index (κ1) is 16.4. The molecule has 0 saturated heterocycles. The van der Waals surface area contributed by atoms with Gasteiger partial charge in [-0.2, -0.15) is 0 Å². The molecule has 1 aliphatic heterocycles. The molecule has 0 radical (unpaired) electrons. The lowest BCUT2D eigenvalue weighted by molar-refractivity contribution is 0.634. The molecule has 1 unspecified atom stereocenters. The van der Waals surface area contributed by atoms with Gasteiger partial charge in [0.2, 0.25) is 0 Å². The number of hydrogen-bond donors (Lipinski definition) is 2. The van der Waals surface area contributed by atoms with Crippen LogP contribution in [0.1, 0.15) is 24.6 Å². The fraction of sp³-hybridized carbons (Fsp3) is 0.278. The van der Waals surface area contributed by atoms with Crippen molar-refractivity contribution in [1.29, 1.82) is 0 Å². The third-order valence-electron chi connectivity index (χ3n) is 3.52. The van der Waals surface area contributed by atoms with Gasteiger partial charge in [-0.05, 0) is 29.7 Å². The Morgan fingerprint density at radius 3 is 2.64 bits per heavy atom. The van der Waals surface area contributed by atoms with E-state index in [0.717, 1.165) is 30.5 Å². The number of nitrogens with one attached hydrogen (secondary N) is 2. The molecule has 0 bridgehead atoms. The van der Waals surface area contributed by atoms with E-state index < -0.39 is 0 Å². The monoisotopic (exact) mass is 315 g/mol. The van der Waals surface area contributed by atoms with Crippen LogP contribution in [0.2, 0.25) is 5.02 Å². The van der Waals surface area contributed by atoms with E-state index in [0.29, 0.717) is 0 Å². The van der Waals surface area contributed by atoms with E-state index in [-0.39, 0.29) is 13.5 Å². The van der Waals surface area contributed by atoms with Crippen molar-refractivity contribution in [2.24, 2.45) is 4.99 Å². The third kappa shape index (κ3) is 4.25. The van der Waals surface area contributed by atoms with Crippen LogP contribution in [0.25, 0.3) is 0 Å². The maximum absolute atomic E-state index is 6.09. The molecule has 0 amide bonds. The molecule has 116 valence electrons. The standard InChI is InChI=1S/C17H18ClN3.CH4/c18-15-8-4-5-13(11-15)12-16(14-6-2-1-3-7-14)21-17-19-9-10-20-17;/h1-8,11,16H,9-10,12H2,(H2,19,20,21);1H4. The van der Waals surface area contributed by atoms with Gasteiger partial charge < -0.3 is 10.6 Å². The highest BCUT2D eigenvalue weighted by Gasteiger charge is 2.15. The maximum Gasteiger partial charge on any atom is 0.191 e. The van der Waals surface area contributed by atoms with Crippen LogP contribution in [0, 0.1) is 0 Å². The molecule has 1 aliphatic rings. The lowest BCUT2D eigenvalue weighted by Crippen LogP contribution is -2.37. The summed E-state index contributed by atoms with van der Waals surface area (Å²) in [5, 5.41) is 7.54. The van der Waals surface area contributed by atoms with Crippen molar-refractivity contribution in [2.45, 2.75) is 19.9 Å². The van der Waals surface area contributed by atoms with E-state index in [1.54, 1.807) is 0 Å². The minimum absolute atomic E-state index is 0. The van der Waals surface area contributed by atoms with E-state index in [2.05, 4.69) is 46.0 Å². The summed E-state index contributed by atoms with van der Waals surface area (Å²) in [4.78, 5) is 4.43. The fourth-order valence-electron chi connectivity index (χ4n) is 2.50. The molecular weight excluding hydrogens is 294 g/mol. The molecule has 0 saturated carbocycles. The summed E-state index contributed by atoms with van der Waals surface area (Å²) >= 11 is 6.09. The minimum atomic E-state index is 0. The highest BCUT2D eigenvalue weighted by atomic mass is 35.5. The summed E-state index contributed by atoms with van der Waals surface area (Å²) in [6.45, 7) is 1.74. The Bertz CT molecular complexity index is 625. The Kier molecular flexibility index (Phi) is 5.84. The predicted octanol–water partition coefficient (Wildman–Crippen LogP) is 3.81. The Morgan fingerprint density at radius 2 is 1.95 bits per heavy atom. The third-order valence-corrected chi connectivity index (χ3v) is 3.75. The van der Waals surface area contributed by atoms with Crippen molar-refractivity contribution in [3.63, 3.8) is 0 Å². The summed E-state index contributed by atoms with van der Waals surface area (Å²) < 4.78 is 0. The molecule has 2 aromatic carbocycles. The second-order valence-electron chi connectivity index (χ2n) is 5.10. The highest BCUT2D eigenvalue weighted by Crippen LogP contribution is 2.20. The topological polar surface area (TPSA) is 36.4 Å². The van der Waals surface area contributed by atoms with Crippen LogP contribution in [-0.4, -0.2) is 19.0 Å². The first-order valence-electron chi connectivity index (χ1n) is 7.15. The van der Waals surface area contributed by atoms with Crippen LogP contribution in [0.3, 0.4) is 0 Å². The summed E-state index contributed by atoms with van der Waals surface area (Å²) in [5.41, 5.74) is 2.45. The second-order valence-corrected chi connectivity index (χ2v) is 5.54. The van der Waals surface area contributed by atoms with E-state index in [1.165, 1.54) is 11.1 Å². The fourth-order valence-corrected chi connectivity index (χ4v) is 2.71. The van der Waals surface area contributed by atoms with Crippen LogP contribution in [0.15, 0.2) is 59.6 Å². The molecule has 0 aromatic heterocycles. The van der Waals surface area contributed by atoms with Gasteiger partial charge in [0.1, 0.15) is 0 Å². The zero-order valence-corrected chi connectivity index (χ0v) is 12.5. The second kappa shape index (κ2) is 7.85. The molecule has 0 fully saturated rings. The number of rotatable bonds is 4. The smallest absolute Gasteiger partial charge is 0.191 e. The van der Waals surface area contributed by atoms with Gasteiger partial charge in [0.25, 0.3) is 0 Å². The molecule has 22 heavy (non-hydrogen) atoms. The average Bonchev–Trinajstić information content (AvgIpc) is 3.01. The molecule has 1 atom stereocenters. The molecule has 0 aliphatic carbocycles. The number of aliphatic imine (C=N–C) groups is 1. The number of nitrogens with zero attached hydrogens (tertiary/aromatic N) is 1. The van der Waals surface area contributed by atoms with Crippen LogP contribution < -0.4 is 10.6 Å². The maximum atomic E-state index is 6.09. The van der Waals surface area contributed by atoms with E-state index in [1.807, 2.05) is 24.3 Å². The van der Waals surface area contributed by atoms with E-state index >= 15 is 0 Å². The minimum Gasteiger partial charge on any atom is -0.355 e. The molecule has 3 rings (SSSR count).